The number of ether oxygens (including phenoxy) is 1. The third-order valence-corrected chi connectivity index (χ3v) is 3.89. The van der Waals surface area contributed by atoms with Crippen molar-refractivity contribution >= 4 is 11.8 Å². The van der Waals surface area contributed by atoms with Crippen molar-refractivity contribution in [1.29, 1.82) is 0 Å². The fourth-order valence-corrected chi connectivity index (χ4v) is 2.32. The summed E-state index contributed by atoms with van der Waals surface area (Å²) in [4.78, 5) is 27.1. The summed E-state index contributed by atoms with van der Waals surface area (Å²) in [5.41, 5.74) is 1.20. The van der Waals surface area contributed by atoms with Crippen molar-refractivity contribution in [3.63, 3.8) is 0 Å². The predicted octanol–water partition coefficient (Wildman–Crippen LogP) is 2.65. The summed E-state index contributed by atoms with van der Waals surface area (Å²) in [5, 5.41) is 12.6. The van der Waals surface area contributed by atoms with Crippen molar-refractivity contribution in [2.45, 2.75) is 27.0 Å². The lowest BCUT2D eigenvalue weighted by atomic mass is 10.1. The molecule has 0 saturated carbocycles. The van der Waals surface area contributed by atoms with E-state index in [0.717, 1.165) is 10.1 Å². The van der Waals surface area contributed by atoms with Crippen LogP contribution in [-0.2, 0) is 17.9 Å². The Kier molecular flexibility index (Phi) is 5.79. The van der Waals surface area contributed by atoms with Gasteiger partial charge in [0, 0.05) is 18.7 Å². The fraction of sp³-hybridized carbons (Fsp3) is 0.278. The molecule has 7 nitrogen and oxygen atoms in total. The van der Waals surface area contributed by atoms with Crippen LogP contribution in [-0.4, -0.2) is 22.3 Å². The molecule has 1 heterocycles. The maximum atomic E-state index is 12.2. The number of hydrogen-bond donors (Lipinski definition) is 2. The van der Waals surface area contributed by atoms with E-state index in [9.17, 15) is 14.7 Å². The lowest BCUT2D eigenvalue weighted by molar-refractivity contribution is 0.139. The van der Waals surface area contributed by atoms with Gasteiger partial charge in [0.15, 0.2) is 5.88 Å². The first-order valence-corrected chi connectivity index (χ1v) is 7.70. The summed E-state index contributed by atoms with van der Waals surface area (Å²) in [7, 11) is 0. The van der Waals surface area contributed by atoms with Gasteiger partial charge < -0.3 is 15.2 Å². The van der Waals surface area contributed by atoms with E-state index in [1.54, 1.807) is 13.8 Å². The molecule has 2 rings (SSSR count). The fourth-order valence-electron chi connectivity index (χ4n) is 2.32. The molecule has 0 bridgehead atoms. The molecule has 0 atom stereocenters. The van der Waals surface area contributed by atoms with Crippen LogP contribution < -0.4 is 10.9 Å². The van der Waals surface area contributed by atoms with Gasteiger partial charge in [0.2, 0.25) is 0 Å². The zero-order valence-corrected chi connectivity index (χ0v) is 14.1. The smallest absolute Gasteiger partial charge is 0.407 e. The molecule has 0 aliphatic heterocycles. The summed E-state index contributed by atoms with van der Waals surface area (Å²) in [6.45, 7) is 10.6. The number of aromatic nitrogens is 1. The summed E-state index contributed by atoms with van der Waals surface area (Å²) < 4.78 is 6.14. The largest absolute Gasteiger partial charge is 0.494 e. The summed E-state index contributed by atoms with van der Waals surface area (Å²) in [6.07, 6.45) is -0.620. The summed E-state index contributed by atoms with van der Waals surface area (Å²) in [5.74, 6) is -0.200. The first-order valence-electron chi connectivity index (χ1n) is 7.70. The predicted molar refractivity (Wildman–Crippen MR) is 92.7 cm³/mol. The minimum Gasteiger partial charge on any atom is -0.494 e. The third kappa shape index (κ3) is 4.18. The molecular formula is C18H19N3O4. The normalized spacial score (nSPS) is 10.1. The van der Waals surface area contributed by atoms with Gasteiger partial charge in [-0.25, -0.2) is 9.64 Å². The van der Waals surface area contributed by atoms with Crippen LogP contribution in [0.2, 0.25) is 0 Å². The zero-order valence-electron chi connectivity index (χ0n) is 14.1. The first-order chi connectivity index (χ1) is 12.0. The molecule has 0 radical (unpaired) electrons. The van der Waals surface area contributed by atoms with E-state index >= 15 is 0 Å². The van der Waals surface area contributed by atoms with Gasteiger partial charge in [-0.1, -0.05) is 30.3 Å². The Labute approximate surface area is 145 Å². The van der Waals surface area contributed by atoms with Gasteiger partial charge in [0.1, 0.15) is 6.61 Å². The van der Waals surface area contributed by atoms with Crippen LogP contribution in [0.1, 0.15) is 16.7 Å². The SMILES string of the molecule is [C-]#[N+]c1c(C)c(C)c(O)n(CCNC(=O)OCc2ccccc2)c1=O. The number of aromatic hydroxyl groups is 1. The molecule has 1 amide bonds. The molecule has 0 aliphatic rings. The number of nitrogens with one attached hydrogen (secondary N) is 1. The molecule has 0 saturated heterocycles. The number of nitrogens with zero attached hydrogens (tertiary/aromatic N) is 2. The van der Waals surface area contributed by atoms with Crippen molar-refractivity contribution < 1.29 is 14.6 Å². The Morgan fingerprint density at radius 3 is 2.60 bits per heavy atom. The van der Waals surface area contributed by atoms with Crippen LogP contribution in [0.15, 0.2) is 35.1 Å². The van der Waals surface area contributed by atoms with Crippen molar-refractivity contribution in [3.05, 3.63) is 68.8 Å². The Morgan fingerprint density at radius 1 is 1.28 bits per heavy atom. The highest BCUT2D eigenvalue weighted by Crippen LogP contribution is 2.24. The highest BCUT2D eigenvalue weighted by atomic mass is 16.5. The number of hydrogen-bond acceptors (Lipinski definition) is 4. The van der Waals surface area contributed by atoms with Crippen molar-refractivity contribution in [2.24, 2.45) is 0 Å². The number of carbonyl (C=O) groups is 1. The van der Waals surface area contributed by atoms with Gasteiger partial charge in [-0.15, -0.1) is 0 Å². The second-order valence-electron chi connectivity index (χ2n) is 5.48. The van der Waals surface area contributed by atoms with Crippen molar-refractivity contribution in [3.8, 4) is 5.88 Å². The number of benzene rings is 1. The van der Waals surface area contributed by atoms with Crippen LogP contribution >= 0.6 is 0 Å². The van der Waals surface area contributed by atoms with Crippen LogP contribution in [0.5, 0.6) is 5.88 Å². The first kappa shape index (κ1) is 18.1. The minimum absolute atomic E-state index is 0.0260. The molecule has 1 aromatic carbocycles. The minimum atomic E-state index is -0.620. The average molecular weight is 341 g/mol. The second kappa shape index (κ2) is 8.02. The molecule has 2 N–H and O–H groups in total. The van der Waals surface area contributed by atoms with Crippen molar-refractivity contribution in [2.75, 3.05) is 6.54 Å². The van der Waals surface area contributed by atoms with Crippen LogP contribution in [0.4, 0.5) is 10.5 Å². The summed E-state index contributed by atoms with van der Waals surface area (Å²) in [6, 6.07) is 9.24. The number of alkyl carbamates (subject to hydrolysis) is 1. The van der Waals surface area contributed by atoms with Crippen LogP contribution in [0.3, 0.4) is 0 Å². The topological polar surface area (TPSA) is 84.9 Å². The number of amides is 1. The van der Waals surface area contributed by atoms with E-state index < -0.39 is 11.7 Å². The van der Waals surface area contributed by atoms with E-state index in [1.165, 1.54) is 0 Å². The molecule has 0 aliphatic carbocycles. The number of carbonyl (C=O) groups excluding carboxylic acids is 1. The lowest BCUT2D eigenvalue weighted by Gasteiger charge is -2.14. The molecule has 0 unspecified atom stereocenters. The standard InChI is InChI=1S/C18H19N3O4/c1-12-13(2)16(22)21(17(23)15(12)19-3)10-9-20-18(24)25-11-14-7-5-4-6-8-14/h4-8,22H,9-11H2,1-2H3,(H,20,24). The van der Waals surface area contributed by atoms with E-state index in [4.69, 9.17) is 11.3 Å². The lowest BCUT2D eigenvalue weighted by Crippen LogP contribution is -2.31. The average Bonchev–Trinajstić information content (AvgIpc) is 2.62. The van der Waals surface area contributed by atoms with Crippen molar-refractivity contribution in [1.82, 2.24) is 9.88 Å². The Bertz CT molecular complexity index is 867. The van der Waals surface area contributed by atoms with Gasteiger partial charge >= 0.3 is 6.09 Å². The zero-order chi connectivity index (χ0) is 18.4. The van der Waals surface area contributed by atoms with Gasteiger partial charge in [-0.3, -0.25) is 9.36 Å². The van der Waals surface area contributed by atoms with Gasteiger partial charge in [0.05, 0.1) is 6.57 Å². The Hall–Kier alpha value is -3.27. The van der Waals surface area contributed by atoms with Crippen LogP contribution in [0.25, 0.3) is 4.85 Å². The highest BCUT2D eigenvalue weighted by Gasteiger charge is 2.16. The van der Waals surface area contributed by atoms with E-state index in [2.05, 4.69) is 10.2 Å². The van der Waals surface area contributed by atoms with Crippen LogP contribution in [0, 0.1) is 20.4 Å². The maximum Gasteiger partial charge on any atom is 0.407 e. The van der Waals surface area contributed by atoms with E-state index in [0.29, 0.717) is 11.1 Å². The molecule has 0 fully saturated rings. The van der Waals surface area contributed by atoms with E-state index in [-0.39, 0.29) is 31.3 Å². The molecule has 130 valence electrons. The van der Waals surface area contributed by atoms with Gasteiger partial charge in [-0.2, -0.15) is 0 Å². The summed E-state index contributed by atoms with van der Waals surface area (Å²) >= 11 is 0. The molecule has 25 heavy (non-hydrogen) atoms. The maximum absolute atomic E-state index is 12.2. The Morgan fingerprint density at radius 2 is 1.96 bits per heavy atom. The van der Waals surface area contributed by atoms with Gasteiger partial charge in [0.25, 0.3) is 11.2 Å². The molecule has 1 aromatic heterocycles. The van der Waals surface area contributed by atoms with E-state index in [1.807, 2.05) is 30.3 Å². The highest BCUT2D eigenvalue weighted by molar-refractivity contribution is 5.67. The second-order valence-corrected chi connectivity index (χ2v) is 5.48. The number of pyridine rings is 1. The molecule has 2 aromatic rings. The van der Waals surface area contributed by atoms with Gasteiger partial charge in [-0.05, 0) is 25.0 Å². The Balaban J connectivity index is 1.96. The number of rotatable bonds is 5. The molecule has 0 spiro atoms. The molecule has 7 heteroatoms. The molecular weight excluding hydrogens is 322 g/mol. The third-order valence-electron chi connectivity index (χ3n) is 3.89. The quantitative estimate of drug-likeness (QED) is 0.819. The monoisotopic (exact) mass is 341 g/mol.